The predicted molar refractivity (Wildman–Crippen MR) is 87.5 cm³/mol. The van der Waals surface area contributed by atoms with E-state index in [-0.39, 0.29) is 17.4 Å². The van der Waals surface area contributed by atoms with Crippen molar-refractivity contribution in [1.82, 2.24) is 9.97 Å². The summed E-state index contributed by atoms with van der Waals surface area (Å²) in [5.41, 5.74) is 2.02. The van der Waals surface area contributed by atoms with E-state index in [4.69, 9.17) is 0 Å². The van der Waals surface area contributed by atoms with Crippen LogP contribution in [0.25, 0.3) is 0 Å². The van der Waals surface area contributed by atoms with Gasteiger partial charge in [-0.3, -0.25) is 5.32 Å². The van der Waals surface area contributed by atoms with Gasteiger partial charge in [0.25, 0.3) is 0 Å². The fourth-order valence-corrected chi connectivity index (χ4v) is 1.90. The Morgan fingerprint density at radius 1 is 1.05 bits per heavy atom. The Morgan fingerprint density at radius 2 is 1.62 bits per heavy atom. The van der Waals surface area contributed by atoms with Gasteiger partial charge in [-0.15, -0.1) is 0 Å². The predicted octanol–water partition coefficient (Wildman–Crippen LogP) is 4.18. The molecule has 0 bridgehead atoms. The molecule has 2 amide bonds. The highest BCUT2D eigenvalue weighted by atomic mass is 79.9. The van der Waals surface area contributed by atoms with Crippen LogP contribution >= 0.6 is 15.9 Å². The van der Waals surface area contributed by atoms with Crippen LogP contribution < -0.4 is 10.6 Å². The van der Waals surface area contributed by atoms with Gasteiger partial charge in [-0.1, -0.05) is 32.9 Å². The number of hydrogen-bond acceptors (Lipinski definition) is 3. The number of carbonyl (C=O) groups excluding carboxylic acids is 1. The summed E-state index contributed by atoms with van der Waals surface area (Å²) in [6, 6.07) is 7.39. The van der Waals surface area contributed by atoms with Gasteiger partial charge in [0, 0.05) is 18.1 Å². The number of nitrogens with one attached hydrogen (secondary N) is 2. The second-order valence-electron chi connectivity index (χ2n) is 5.63. The van der Waals surface area contributed by atoms with Gasteiger partial charge in [-0.2, -0.15) is 0 Å². The standard InChI is InChI=1S/C15H17BrN4O/c1-15(2,3)10-4-6-12(7-5-10)19-14(21)20-13-17-8-11(16)9-18-13/h4-9H,1-3H3,(H2,17,18,19,20,21). The van der Waals surface area contributed by atoms with Crippen molar-refractivity contribution >= 4 is 33.6 Å². The van der Waals surface area contributed by atoms with Crippen molar-refractivity contribution in [2.24, 2.45) is 0 Å². The highest BCUT2D eigenvalue weighted by Gasteiger charge is 2.13. The second kappa shape index (κ2) is 6.22. The van der Waals surface area contributed by atoms with Crippen molar-refractivity contribution in [1.29, 1.82) is 0 Å². The summed E-state index contributed by atoms with van der Waals surface area (Å²) < 4.78 is 0.756. The molecule has 0 fully saturated rings. The molecule has 110 valence electrons. The highest BCUT2D eigenvalue weighted by Crippen LogP contribution is 2.23. The van der Waals surface area contributed by atoms with Crippen molar-refractivity contribution in [2.75, 3.05) is 10.6 Å². The van der Waals surface area contributed by atoms with Crippen LogP contribution in [0.3, 0.4) is 0 Å². The van der Waals surface area contributed by atoms with Crippen LogP contribution in [0.15, 0.2) is 41.1 Å². The molecule has 1 aromatic heterocycles. The lowest BCUT2D eigenvalue weighted by Crippen LogP contribution is -2.21. The number of carbonyl (C=O) groups is 1. The lowest BCUT2D eigenvalue weighted by Gasteiger charge is -2.19. The van der Waals surface area contributed by atoms with Gasteiger partial charge in [-0.25, -0.2) is 14.8 Å². The van der Waals surface area contributed by atoms with Crippen molar-refractivity contribution in [3.05, 3.63) is 46.7 Å². The molecule has 2 aromatic rings. The molecule has 0 aliphatic carbocycles. The minimum absolute atomic E-state index is 0.0893. The van der Waals surface area contributed by atoms with Gasteiger partial charge in [0.2, 0.25) is 5.95 Å². The first-order chi connectivity index (χ1) is 9.84. The largest absolute Gasteiger partial charge is 0.326 e. The number of rotatable bonds is 2. The minimum Gasteiger partial charge on any atom is -0.308 e. The molecule has 1 aromatic carbocycles. The summed E-state index contributed by atoms with van der Waals surface area (Å²) >= 11 is 3.23. The summed E-state index contributed by atoms with van der Waals surface area (Å²) in [5, 5.41) is 5.31. The third-order valence-electron chi connectivity index (χ3n) is 2.85. The number of benzene rings is 1. The molecule has 0 atom stereocenters. The van der Waals surface area contributed by atoms with Gasteiger partial charge < -0.3 is 5.32 Å². The van der Waals surface area contributed by atoms with E-state index < -0.39 is 0 Å². The molecule has 5 nitrogen and oxygen atoms in total. The Labute approximate surface area is 132 Å². The van der Waals surface area contributed by atoms with Crippen LogP contribution in [0.1, 0.15) is 26.3 Å². The van der Waals surface area contributed by atoms with Gasteiger partial charge in [0.05, 0.1) is 4.47 Å². The zero-order chi connectivity index (χ0) is 15.5. The normalized spacial score (nSPS) is 11.0. The molecule has 0 saturated heterocycles. The molecule has 2 N–H and O–H groups in total. The van der Waals surface area contributed by atoms with Crippen LogP contribution in [-0.4, -0.2) is 16.0 Å². The van der Waals surface area contributed by atoms with Crippen molar-refractivity contribution in [2.45, 2.75) is 26.2 Å². The van der Waals surface area contributed by atoms with E-state index in [1.54, 1.807) is 12.4 Å². The Hall–Kier alpha value is -1.95. The van der Waals surface area contributed by atoms with Gasteiger partial charge in [0.15, 0.2) is 0 Å². The summed E-state index contributed by atoms with van der Waals surface area (Å²) in [4.78, 5) is 19.8. The Morgan fingerprint density at radius 3 is 2.14 bits per heavy atom. The van der Waals surface area contributed by atoms with E-state index in [0.717, 1.165) is 10.2 Å². The Kier molecular flexibility index (Phi) is 4.57. The summed E-state index contributed by atoms with van der Waals surface area (Å²) in [7, 11) is 0. The lowest BCUT2D eigenvalue weighted by molar-refractivity contribution is 0.262. The molecule has 0 spiro atoms. The number of anilines is 2. The molecule has 0 radical (unpaired) electrons. The Bertz CT molecular complexity index is 618. The number of nitrogens with zero attached hydrogens (tertiary/aromatic N) is 2. The number of halogens is 1. The summed E-state index contributed by atoms with van der Waals surface area (Å²) in [6.45, 7) is 6.44. The zero-order valence-corrected chi connectivity index (χ0v) is 13.7. The molecule has 0 aliphatic heterocycles. The van der Waals surface area contributed by atoms with Crippen LogP contribution in [0.4, 0.5) is 16.4 Å². The van der Waals surface area contributed by atoms with E-state index in [2.05, 4.69) is 57.3 Å². The zero-order valence-electron chi connectivity index (χ0n) is 12.1. The number of hydrogen-bond donors (Lipinski definition) is 2. The van der Waals surface area contributed by atoms with Crippen molar-refractivity contribution < 1.29 is 4.79 Å². The minimum atomic E-state index is -0.374. The van der Waals surface area contributed by atoms with Crippen molar-refractivity contribution in [3.8, 4) is 0 Å². The molecule has 2 rings (SSSR count). The number of urea groups is 1. The van der Waals surface area contributed by atoms with Gasteiger partial charge in [-0.05, 0) is 39.0 Å². The molecule has 0 aliphatic rings. The molecular formula is C15H17BrN4O. The van der Waals surface area contributed by atoms with E-state index in [9.17, 15) is 4.79 Å². The third kappa shape index (κ3) is 4.53. The van der Waals surface area contributed by atoms with Gasteiger partial charge >= 0.3 is 6.03 Å². The summed E-state index contributed by atoms with van der Waals surface area (Å²) in [6.07, 6.45) is 3.14. The fourth-order valence-electron chi connectivity index (χ4n) is 1.69. The molecule has 6 heteroatoms. The first kappa shape index (κ1) is 15.4. The molecule has 0 saturated carbocycles. The van der Waals surface area contributed by atoms with E-state index in [0.29, 0.717) is 0 Å². The van der Waals surface area contributed by atoms with Gasteiger partial charge in [0.1, 0.15) is 0 Å². The average molecular weight is 349 g/mol. The SMILES string of the molecule is CC(C)(C)c1ccc(NC(=O)Nc2ncc(Br)cn2)cc1. The first-order valence-electron chi connectivity index (χ1n) is 6.51. The molecular weight excluding hydrogens is 332 g/mol. The maximum absolute atomic E-state index is 11.8. The fraction of sp³-hybridized carbons (Fsp3) is 0.267. The van der Waals surface area contributed by atoms with E-state index in [1.165, 1.54) is 5.56 Å². The van der Waals surface area contributed by atoms with E-state index in [1.807, 2.05) is 24.3 Å². The third-order valence-corrected chi connectivity index (χ3v) is 3.26. The van der Waals surface area contributed by atoms with Crippen LogP contribution in [0.2, 0.25) is 0 Å². The number of amides is 2. The average Bonchev–Trinajstić information content (AvgIpc) is 2.41. The number of aromatic nitrogens is 2. The van der Waals surface area contributed by atoms with Crippen molar-refractivity contribution in [3.63, 3.8) is 0 Å². The second-order valence-corrected chi connectivity index (χ2v) is 6.55. The molecule has 21 heavy (non-hydrogen) atoms. The smallest absolute Gasteiger partial charge is 0.308 e. The maximum Gasteiger partial charge on any atom is 0.326 e. The quantitative estimate of drug-likeness (QED) is 0.855. The maximum atomic E-state index is 11.8. The Balaban J connectivity index is 1.98. The van der Waals surface area contributed by atoms with E-state index >= 15 is 0 Å². The van der Waals surface area contributed by atoms with Crippen LogP contribution in [-0.2, 0) is 5.41 Å². The highest BCUT2D eigenvalue weighted by molar-refractivity contribution is 9.10. The monoisotopic (exact) mass is 348 g/mol. The molecule has 1 heterocycles. The van der Waals surface area contributed by atoms with Crippen LogP contribution in [0, 0.1) is 0 Å². The topological polar surface area (TPSA) is 66.9 Å². The molecule has 0 unspecified atom stereocenters. The first-order valence-corrected chi connectivity index (χ1v) is 7.30. The lowest BCUT2D eigenvalue weighted by atomic mass is 9.87. The summed E-state index contributed by atoms with van der Waals surface area (Å²) in [5.74, 6) is 0.252. The van der Waals surface area contributed by atoms with Crippen LogP contribution in [0.5, 0.6) is 0 Å².